The van der Waals surface area contributed by atoms with E-state index < -0.39 is 0 Å². The third-order valence-corrected chi connectivity index (χ3v) is 4.84. The first-order chi connectivity index (χ1) is 13.6. The van der Waals surface area contributed by atoms with Crippen LogP contribution in [0.5, 0.6) is 0 Å². The Morgan fingerprint density at radius 1 is 1.18 bits per heavy atom. The topological polar surface area (TPSA) is 85.0 Å². The normalized spacial score (nSPS) is 10.8. The van der Waals surface area contributed by atoms with Crippen LogP contribution in [0.2, 0.25) is 0 Å². The molecule has 0 saturated heterocycles. The molecule has 9 heteroatoms. The molecule has 4 rings (SSSR count). The van der Waals surface area contributed by atoms with E-state index in [-0.39, 0.29) is 0 Å². The molecule has 0 unspecified atom stereocenters. The second kappa shape index (κ2) is 8.94. The largest absolute Gasteiger partial charge is 0.328 e. The monoisotopic (exact) mass is 398 g/mol. The van der Waals surface area contributed by atoms with Crippen LogP contribution < -0.4 is 10.6 Å². The molecule has 2 N–H and O–H groups in total. The number of aryl methyl sites for hydroxylation is 2. The summed E-state index contributed by atoms with van der Waals surface area (Å²) in [5.74, 6) is 0.734. The molecule has 4 aromatic rings. The predicted octanol–water partition coefficient (Wildman–Crippen LogP) is 3.43. The molecular weight excluding hydrogens is 372 g/mol. The molecule has 0 atom stereocenters. The van der Waals surface area contributed by atoms with Crippen molar-refractivity contribution in [2.24, 2.45) is 7.05 Å². The predicted molar refractivity (Wildman–Crippen MR) is 114 cm³/mol. The zero-order chi connectivity index (χ0) is 20.1. The zero-order valence-corrected chi connectivity index (χ0v) is 17.7. The smallest absolute Gasteiger partial charge is 0.180 e. The lowest BCUT2D eigenvalue weighted by atomic mass is 10.2. The van der Waals surface area contributed by atoms with Gasteiger partial charge in [0.25, 0.3) is 0 Å². The van der Waals surface area contributed by atoms with Crippen LogP contribution in [0.4, 0.5) is 10.8 Å². The third-order valence-electron chi connectivity index (χ3n) is 4.04. The van der Waals surface area contributed by atoms with Crippen molar-refractivity contribution in [2.45, 2.75) is 27.2 Å². The van der Waals surface area contributed by atoms with Crippen LogP contribution in [0.25, 0.3) is 16.9 Å². The number of fused-ring (bicyclic) bond motifs is 1. The van der Waals surface area contributed by atoms with E-state index in [1.54, 1.807) is 4.68 Å². The Hall–Kier alpha value is -2.78. The Balaban J connectivity index is 0.00000109. The van der Waals surface area contributed by atoms with Crippen molar-refractivity contribution < 1.29 is 0 Å². The number of aromatic nitrogens is 6. The average molecular weight is 399 g/mol. The van der Waals surface area contributed by atoms with Crippen LogP contribution in [0.1, 0.15) is 25.2 Å². The summed E-state index contributed by atoms with van der Waals surface area (Å²) < 4.78 is 8.19. The fourth-order valence-corrected chi connectivity index (χ4v) is 3.46. The number of hydrogen-bond donors (Lipinski definition) is 2. The first kappa shape index (κ1) is 20.0. The highest BCUT2D eigenvalue weighted by molar-refractivity contribution is 7.10. The van der Waals surface area contributed by atoms with Gasteiger partial charge in [0.2, 0.25) is 0 Å². The van der Waals surface area contributed by atoms with Gasteiger partial charge in [0, 0.05) is 38.0 Å². The maximum Gasteiger partial charge on any atom is 0.180 e. The van der Waals surface area contributed by atoms with Crippen molar-refractivity contribution in [2.75, 3.05) is 18.9 Å². The van der Waals surface area contributed by atoms with Gasteiger partial charge in [-0.3, -0.25) is 9.08 Å². The van der Waals surface area contributed by atoms with Crippen LogP contribution in [0.15, 0.2) is 30.9 Å². The van der Waals surface area contributed by atoms with Gasteiger partial charge in [0.05, 0.1) is 29.5 Å². The average Bonchev–Trinajstić information content (AvgIpc) is 3.41. The fourth-order valence-electron chi connectivity index (χ4n) is 2.80. The molecule has 0 aromatic carbocycles. The van der Waals surface area contributed by atoms with Gasteiger partial charge in [0.1, 0.15) is 5.00 Å². The van der Waals surface area contributed by atoms with Crippen LogP contribution in [0, 0.1) is 6.92 Å². The molecule has 0 aliphatic heterocycles. The highest BCUT2D eigenvalue weighted by atomic mass is 32.1. The van der Waals surface area contributed by atoms with E-state index in [2.05, 4.69) is 29.5 Å². The number of imidazole rings is 1. The van der Waals surface area contributed by atoms with Gasteiger partial charge in [-0.15, -0.1) is 0 Å². The summed E-state index contributed by atoms with van der Waals surface area (Å²) in [5, 5.41) is 11.8. The van der Waals surface area contributed by atoms with Crippen molar-refractivity contribution in [3.05, 3.63) is 42.2 Å². The second-order valence-corrected chi connectivity index (χ2v) is 6.94. The molecule has 0 saturated carbocycles. The number of nitrogens with one attached hydrogen (secondary N) is 2. The molecular formula is C19H26N8S. The summed E-state index contributed by atoms with van der Waals surface area (Å²) in [6, 6.07) is 2.01. The van der Waals surface area contributed by atoms with Crippen molar-refractivity contribution in [1.82, 2.24) is 33.8 Å². The lowest BCUT2D eigenvalue weighted by Crippen LogP contribution is -2.12. The molecule has 0 radical (unpaired) electrons. The van der Waals surface area contributed by atoms with Crippen molar-refractivity contribution in [3.63, 3.8) is 0 Å². The Bertz CT molecular complexity index is 1050. The van der Waals surface area contributed by atoms with Crippen molar-refractivity contribution in [1.29, 1.82) is 0 Å². The van der Waals surface area contributed by atoms with Gasteiger partial charge < -0.3 is 10.6 Å². The number of anilines is 2. The molecule has 0 amide bonds. The zero-order valence-electron chi connectivity index (χ0n) is 16.9. The first-order valence-corrected chi connectivity index (χ1v) is 10.1. The van der Waals surface area contributed by atoms with E-state index in [1.165, 1.54) is 11.5 Å². The minimum atomic E-state index is 0.734. The number of likely N-dealkylation sites (N-methyl/N-ethyl adjacent to an activating group) is 1. The minimum absolute atomic E-state index is 0.734. The van der Waals surface area contributed by atoms with Crippen LogP contribution in [0.3, 0.4) is 0 Å². The fraction of sp³-hybridized carbons (Fsp3) is 0.368. The van der Waals surface area contributed by atoms with Crippen LogP contribution in [-0.4, -0.2) is 42.1 Å². The first-order valence-electron chi connectivity index (χ1n) is 9.35. The Kier molecular flexibility index (Phi) is 6.37. The SMILES string of the molecule is CC.CNCCc1cn2c(-c3cnn(C)c3)cnc2c(Nc2cc(C)ns2)n1. The molecule has 0 fully saturated rings. The Morgan fingerprint density at radius 2 is 2.00 bits per heavy atom. The molecule has 4 heterocycles. The molecule has 8 nitrogen and oxygen atoms in total. The summed E-state index contributed by atoms with van der Waals surface area (Å²) >= 11 is 1.42. The van der Waals surface area contributed by atoms with Crippen molar-refractivity contribution >= 4 is 28.0 Å². The molecule has 0 aliphatic carbocycles. The van der Waals surface area contributed by atoms with E-state index >= 15 is 0 Å². The lowest BCUT2D eigenvalue weighted by molar-refractivity contribution is 0.768. The summed E-state index contributed by atoms with van der Waals surface area (Å²) in [5.41, 5.74) is 4.76. The quantitative estimate of drug-likeness (QED) is 0.518. The molecule has 148 valence electrons. The molecule has 0 spiro atoms. The van der Waals surface area contributed by atoms with Crippen molar-refractivity contribution in [3.8, 4) is 11.3 Å². The van der Waals surface area contributed by atoms with Gasteiger partial charge in [-0.05, 0) is 31.6 Å². The molecule has 4 aromatic heterocycles. The highest BCUT2D eigenvalue weighted by Gasteiger charge is 2.14. The Morgan fingerprint density at radius 3 is 2.64 bits per heavy atom. The van der Waals surface area contributed by atoms with Gasteiger partial charge >= 0.3 is 0 Å². The van der Waals surface area contributed by atoms with E-state index in [1.807, 2.05) is 65.7 Å². The summed E-state index contributed by atoms with van der Waals surface area (Å²) in [7, 11) is 3.85. The summed E-state index contributed by atoms with van der Waals surface area (Å²) in [6.07, 6.45) is 8.56. The van der Waals surface area contributed by atoms with Crippen LogP contribution in [-0.2, 0) is 13.5 Å². The summed E-state index contributed by atoms with van der Waals surface area (Å²) in [6.45, 7) is 6.83. The standard InChI is InChI=1S/C17H20N8S.C2H6/c1-11-6-15(26-23-11)22-16-17-19-8-14(12-7-20-24(3)9-12)25(17)10-13(21-16)4-5-18-2;1-2/h6-10,18H,4-5H2,1-3H3,(H,21,22);1-2H3. The van der Waals surface area contributed by atoms with Gasteiger partial charge in [-0.25, -0.2) is 9.97 Å². The maximum absolute atomic E-state index is 4.78. The van der Waals surface area contributed by atoms with Gasteiger partial charge in [-0.1, -0.05) is 13.8 Å². The maximum atomic E-state index is 4.78. The van der Waals surface area contributed by atoms with Gasteiger partial charge in [0.15, 0.2) is 11.5 Å². The molecule has 0 bridgehead atoms. The van der Waals surface area contributed by atoms with E-state index in [4.69, 9.17) is 4.98 Å². The number of rotatable bonds is 6. The van der Waals surface area contributed by atoms with E-state index in [9.17, 15) is 0 Å². The minimum Gasteiger partial charge on any atom is -0.328 e. The molecule has 28 heavy (non-hydrogen) atoms. The Labute approximate surface area is 168 Å². The molecule has 0 aliphatic rings. The van der Waals surface area contributed by atoms with Gasteiger partial charge in [-0.2, -0.15) is 9.47 Å². The lowest BCUT2D eigenvalue weighted by Gasteiger charge is -2.09. The highest BCUT2D eigenvalue weighted by Crippen LogP contribution is 2.27. The third kappa shape index (κ3) is 4.20. The number of nitrogens with zero attached hydrogens (tertiary/aromatic N) is 6. The number of hydrogen-bond acceptors (Lipinski definition) is 7. The van der Waals surface area contributed by atoms with E-state index in [0.29, 0.717) is 0 Å². The van der Waals surface area contributed by atoms with E-state index in [0.717, 1.165) is 52.1 Å². The summed E-state index contributed by atoms with van der Waals surface area (Å²) in [4.78, 5) is 9.38. The second-order valence-electron chi connectivity index (χ2n) is 6.13. The van der Waals surface area contributed by atoms with Crippen LogP contribution >= 0.6 is 11.5 Å².